The van der Waals surface area contributed by atoms with Crippen LogP contribution in [0.4, 0.5) is 0 Å². The molecule has 1 heterocycles. The maximum Gasteiger partial charge on any atom is 0.157 e. The number of ether oxygens (including phenoxy) is 2. The van der Waals surface area contributed by atoms with E-state index >= 15 is 0 Å². The van der Waals surface area contributed by atoms with Crippen LogP contribution in [0.2, 0.25) is 0 Å². The molecule has 90 valence electrons. The molecule has 2 heteroatoms. The molecule has 0 spiro atoms. The van der Waals surface area contributed by atoms with Crippen LogP contribution < -0.4 is 0 Å². The molecule has 0 saturated carbocycles. The minimum Gasteiger partial charge on any atom is -0.353 e. The van der Waals surface area contributed by atoms with Gasteiger partial charge in [-0.25, -0.2) is 0 Å². The van der Waals surface area contributed by atoms with Gasteiger partial charge in [0, 0.05) is 6.61 Å². The fraction of sp³-hybridized carbons (Fsp3) is 1.00. The molecule has 0 aliphatic carbocycles. The zero-order valence-electron chi connectivity index (χ0n) is 10.7. The average molecular weight is 214 g/mol. The second-order valence-corrected chi connectivity index (χ2v) is 5.87. The molecule has 1 unspecified atom stereocenters. The summed E-state index contributed by atoms with van der Waals surface area (Å²) in [4.78, 5) is 0. The molecular formula is C13H26O2. The molecule has 1 fully saturated rings. The summed E-state index contributed by atoms with van der Waals surface area (Å²) in [5, 5.41) is 0. The lowest BCUT2D eigenvalue weighted by Gasteiger charge is -2.30. The maximum atomic E-state index is 5.83. The van der Waals surface area contributed by atoms with Crippen molar-refractivity contribution in [2.75, 3.05) is 13.2 Å². The first-order valence-corrected chi connectivity index (χ1v) is 6.23. The molecular weight excluding hydrogens is 188 g/mol. The summed E-state index contributed by atoms with van der Waals surface area (Å²) >= 11 is 0. The third-order valence-electron chi connectivity index (χ3n) is 2.76. The fourth-order valence-corrected chi connectivity index (χ4v) is 2.33. The lowest BCUT2D eigenvalue weighted by molar-refractivity contribution is -0.177. The normalized spacial score (nSPS) is 23.4. The Morgan fingerprint density at radius 3 is 2.60 bits per heavy atom. The Balaban J connectivity index is 2.21. The minimum absolute atomic E-state index is 0.0604. The summed E-state index contributed by atoms with van der Waals surface area (Å²) in [5.74, 6) is 0.732. The van der Waals surface area contributed by atoms with E-state index < -0.39 is 0 Å². The standard InChI is InChI=1S/C13H26O2/c1-11(2)9-13(3,4)10-15-12-7-5-6-8-14-12/h11-12H,5-10H2,1-4H3. The second-order valence-electron chi connectivity index (χ2n) is 5.87. The van der Waals surface area contributed by atoms with E-state index in [4.69, 9.17) is 9.47 Å². The molecule has 1 aliphatic rings. The van der Waals surface area contributed by atoms with Crippen LogP contribution in [0.25, 0.3) is 0 Å². The zero-order valence-corrected chi connectivity index (χ0v) is 10.7. The fourth-order valence-electron chi connectivity index (χ4n) is 2.33. The van der Waals surface area contributed by atoms with Crippen LogP contribution in [0.1, 0.15) is 53.4 Å². The van der Waals surface area contributed by atoms with E-state index in [0.717, 1.165) is 25.6 Å². The second kappa shape index (κ2) is 5.86. The Kier molecular flexibility index (Phi) is 5.07. The van der Waals surface area contributed by atoms with Crippen molar-refractivity contribution in [3.63, 3.8) is 0 Å². The molecule has 0 bridgehead atoms. The average Bonchev–Trinajstić information content (AvgIpc) is 2.15. The van der Waals surface area contributed by atoms with Crippen LogP contribution in [0.3, 0.4) is 0 Å². The SMILES string of the molecule is CC(C)CC(C)(C)COC1CCCCO1. The molecule has 15 heavy (non-hydrogen) atoms. The summed E-state index contributed by atoms with van der Waals surface area (Å²) in [6.45, 7) is 10.8. The number of hydrogen-bond acceptors (Lipinski definition) is 2. The van der Waals surface area contributed by atoms with Crippen molar-refractivity contribution >= 4 is 0 Å². The van der Waals surface area contributed by atoms with Gasteiger partial charge in [-0.05, 0) is 37.0 Å². The molecule has 1 rings (SSSR count). The van der Waals surface area contributed by atoms with E-state index in [1.54, 1.807) is 0 Å². The van der Waals surface area contributed by atoms with Gasteiger partial charge in [-0.15, -0.1) is 0 Å². The highest BCUT2D eigenvalue weighted by molar-refractivity contribution is 4.70. The van der Waals surface area contributed by atoms with Gasteiger partial charge in [0.15, 0.2) is 6.29 Å². The molecule has 0 aromatic heterocycles. The number of rotatable bonds is 5. The van der Waals surface area contributed by atoms with Crippen molar-refractivity contribution in [2.24, 2.45) is 11.3 Å². The number of hydrogen-bond donors (Lipinski definition) is 0. The topological polar surface area (TPSA) is 18.5 Å². The summed E-state index contributed by atoms with van der Waals surface area (Å²) in [5.41, 5.74) is 0.273. The first-order chi connectivity index (χ1) is 6.99. The van der Waals surface area contributed by atoms with Crippen molar-refractivity contribution in [3.05, 3.63) is 0 Å². The Morgan fingerprint density at radius 1 is 1.33 bits per heavy atom. The Hall–Kier alpha value is -0.0800. The maximum absolute atomic E-state index is 5.83. The van der Waals surface area contributed by atoms with Gasteiger partial charge < -0.3 is 9.47 Å². The molecule has 0 aromatic carbocycles. The highest BCUT2D eigenvalue weighted by Crippen LogP contribution is 2.27. The first-order valence-electron chi connectivity index (χ1n) is 6.23. The summed E-state index contributed by atoms with van der Waals surface area (Å²) < 4.78 is 11.4. The van der Waals surface area contributed by atoms with Crippen LogP contribution in [0.5, 0.6) is 0 Å². The lowest BCUT2D eigenvalue weighted by Crippen LogP contribution is -2.29. The van der Waals surface area contributed by atoms with Crippen molar-refractivity contribution in [3.8, 4) is 0 Å². The Labute approximate surface area is 94.3 Å². The third kappa shape index (κ3) is 5.53. The third-order valence-corrected chi connectivity index (χ3v) is 2.76. The predicted molar refractivity (Wildman–Crippen MR) is 62.8 cm³/mol. The molecule has 0 aromatic rings. The van der Waals surface area contributed by atoms with Crippen LogP contribution in [-0.2, 0) is 9.47 Å². The van der Waals surface area contributed by atoms with Gasteiger partial charge in [-0.3, -0.25) is 0 Å². The minimum atomic E-state index is 0.0604. The van der Waals surface area contributed by atoms with E-state index in [1.807, 2.05) is 0 Å². The molecule has 1 atom stereocenters. The zero-order chi connectivity index (χ0) is 11.3. The Morgan fingerprint density at radius 2 is 2.07 bits per heavy atom. The van der Waals surface area contributed by atoms with E-state index in [0.29, 0.717) is 0 Å². The van der Waals surface area contributed by atoms with E-state index in [9.17, 15) is 0 Å². The van der Waals surface area contributed by atoms with E-state index in [1.165, 1.54) is 19.3 Å². The summed E-state index contributed by atoms with van der Waals surface area (Å²) in [6, 6.07) is 0. The first kappa shape index (κ1) is 13.0. The van der Waals surface area contributed by atoms with Crippen molar-refractivity contribution in [1.82, 2.24) is 0 Å². The van der Waals surface area contributed by atoms with Gasteiger partial charge >= 0.3 is 0 Å². The quantitative estimate of drug-likeness (QED) is 0.696. The van der Waals surface area contributed by atoms with Gasteiger partial charge in [0.05, 0.1) is 6.61 Å². The highest BCUT2D eigenvalue weighted by atomic mass is 16.7. The van der Waals surface area contributed by atoms with Crippen molar-refractivity contribution in [1.29, 1.82) is 0 Å². The lowest BCUT2D eigenvalue weighted by atomic mass is 9.85. The molecule has 1 aliphatic heterocycles. The molecule has 0 amide bonds. The van der Waals surface area contributed by atoms with Gasteiger partial charge in [0.25, 0.3) is 0 Å². The van der Waals surface area contributed by atoms with Crippen molar-refractivity contribution < 1.29 is 9.47 Å². The highest BCUT2D eigenvalue weighted by Gasteiger charge is 2.23. The van der Waals surface area contributed by atoms with Gasteiger partial charge in [0.2, 0.25) is 0 Å². The molecule has 0 radical (unpaired) electrons. The molecule has 0 N–H and O–H groups in total. The van der Waals surface area contributed by atoms with Gasteiger partial charge in [-0.2, -0.15) is 0 Å². The van der Waals surface area contributed by atoms with Crippen molar-refractivity contribution in [2.45, 2.75) is 59.7 Å². The van der Waals surface area contributed by atoms with E-state index in [-0.39, 0.29) is 11.7 Å². The smallest absolute Gasteiger partial charge is 0.157 e. The van der Waals surface area contributed by atoms with Gasteiger partial charge in [-0.1, -0.05) is 27.7 Å². The summed E-state index contributed by atoms with van der Waals surface area (Å²) in [6.07, 6.45) is 4.77. The Bertz CT molecular complexity index is 169. The van der Waals surface area contributed by atoms with Crippen LogP contribution >= 0.6 is 0 Å². The molecule has 2 nitrogen and oxygen atoms in total. The summed E-state index contributed by atoms with van der Waals surface area (Å²) in [7, 11) is 0. The predicted octanol–water partition coefficient (Wildman–Crippen LogP) is 3.60. The van der Waals surface area contributed by atoms with Crippen LogP contribution in [0, 0.1) is 11.3 Å². The molecule has 1 saturated heterocycles. The largest absolute Gasteiger partial charge is 0.353 e. The van der Waals surface area contributed by atoms with Crippen LogP contribution in [-0.4, -0.2) is 19.5 Å². The van der Waals surface area contributed by atoms with E-state index in [2.05, 4.69) is 27.7 Å². The van der Waals surface area contributed by atoms with Gasteiger partial charge in [0.1, 0.15) is 0 Å². The monoisotopic (exact) mass is 214 g/mol. The van der Waals surface area contributed by atoms with Crippen LogP contribution in [0.15, 0.2) is 0 Å².